The van der Waals surface area contributed by atoms with Crippen molar-refractivity contribution in [3.63, 3.8) is 0 Å². The van der Waals surface area contributed by atoms with E-state index in [0.717, 1.165) is 54.3 Å². The summed E-state index contributed by atoms with van der Waals surface area (Å²) in [6, 6.07) is 20.5. The Hall–Kier alpha value is -5.06. The van der Waals surface area contributed by atoms with Crippen LogP contribution >= 0.6 is 0 Å². The van der Waals surface area contributed by atoms with E-state index in [9.17, 15) is 61.7 Å². The van der Waals surface area contributed by atoms with Gasteiger partial charge < -0.3 is 4.74 Å². The molecule has 5 aromatic rings. The van der Waals surface area contributed by atoms with Gasteiger partial charge in [-0.15, -0.1) is 4.21 Å². The number of carbonyl (C=O) groups excluding carboxylic acids is 1. The Kier molecular flexibility index (Phi) is 13.2. The summed E-state index contributed by atoms with van der Waals surface area (Å²) in [6.45, 7) is 2.51. The zero-order chi connectivity index (χ0) is 42.6. The standard InChI is InChI=1S/C28H16BF12.C12H17O3S/c30-25(31,32)17-1-9-21(10-2-17)29(22-11-3-18(4-12-22)26(33,34)35,23-13-5-19(6-14-23)27(36,37)38)24-15-7-20(8-16-24)28(39,40)41;1-4-15-11-7-5-10(6-8-11)12(13)9-16(2,3)14/h1-16H;5-8H,4,9H2,1-3H3/q-1;+1. The zero-order valence-corrected chi connectivity index (χ0v) is 31.0. The molecule has 3 nitrogen and oxygen atoms in total. The normalized spacial score (nSPS) is 12.8. The third kappa shape index (κ3) is 11.1. The van der Waals surface area contributed by atoms with Crippen LogP contribution in [0.25, 0.3) is 0 Å². The van der Waals surface area contributed by atoms with Gasteiger partial charge in [0.05, 0.1) is 38.8 Å². The number of rotatable bonds is 9. The first kappa shape index (κ1) is 44.7. The number of hydrogen-bond donors (Lipinski definition) is 0. The molecule has 0 aliphatic carbocycles. The van der Waals surface area contributed by atoms with Gasteiger partial charge in [0, 0.05) is 5.56 Å². The molecule has 0 heterocycles. The van der Waals surface area contributed by atoms with E-state index in [4.69, 9.17) is 4.74 Å². The fraction of sp³-hybridized carbons (Fsp3) is 0.225. The fourth-order valence-electron chi connectivity index (χ4n) is 6.30. The molecule has 5 aromatic carbocycles. The Bertz CT molecular complexity index is 1920. The Morgan fingerprint density at radius 3 is 0.965 bits per heavy atom. The molecular weight excluding hydrogens is 799 g/mol. The molecular formula is C40H33BF12O3S. The zero-order valence-electron chi connectivity index (χ0n) is 30.2. The molecule has 0 saturated carbocycles. The van der Waals surface area contributed by atoms with Crippen molar-refractivity contribution in [3.8, 4) is 5.75 Å². The van der Waals surface area contributed by atoms with Crippen LogP contribution in [0.15, 0.2) is 121 Å². The number of halogens is 12. The van der Waals surface area contributed by atoms with E-state index < -0.39 is 63.0 Å². The van der Waals surface area contributed by atoms with Gasteiger partial charge in [-0.1, -0.05) is 97.1 Å². The Labute approximate surface area is 321 Å². The molecule has 0 N–H and O–H groups in total. The van der Waals surface area contributed by atoms with Crippen molar-refractivity contribution in [2.45, 2.75) is 31.6 Å². The van der Waals surface area contributed by atoms with Crippen molar-refractivity contribution in [2.24, 2.45) is 0 Å². The van der Waals surface area contributed by atoms with E-state index in [1.54, 1.807) is 36.8 Å². The lowest BCUT2D eigenvalue weighted by Gasteiger charge is -2.44. The Morgan fingerprint density at radius 1 is 0.491 bits per heavy atom. The van der Waals surface area contributed by atoms with Gasteiger partial charge in [0.25, 0.3) is 0 Å². The van der Waals surface area contributed by atoms with Crippen molar-refractivity contribution in [1.82, 2.24) is 0 Å². The van der Waals surface area contributed by atoms with Gasteiger partial charge in [0.15, 0.2) is 5.75 Å². The lowest BCUT2D eigenvalue weighted by atomic mass is 9.13. The third-order valence-corrected chi connectivity index (χ3v) is 9.88. The Morgan fingerprint density at radius 2 is 0.754 bits per heavy atom. The molecule has 0 atom stereocenters. The molecule has 0 spiro atoms. The van der Waals surface area contributed by atoms with Crippen LogP contribution in [-0.4, -0.2) is 36.8 Å². The minimum absolute atomic E-state index is 0.0114. The maximum Gasteiger partial charge on any atom is 0.416 e. The number of alkyl halides is 12. The first-order valence-corrected chi connectivity index (χ1v) is 19.4. The highest BCUT2D eigenvalue weighted by Gasteiger charge is 2.38. The number of benzene rings is 5. The molecule has 0 aliphatic rings. The summed E-state index contributed by atoms with van der Waals surface area (Å²) in [5.41, 5.74) is -3.71. The molecule has 17 heteroatoms. The first-order valence-electron chi connectivity index (χ1n) is 16.8. The minimum atomic E-state index is -4.77. The molecule has 0 amide bonds. The summed E-state index contributed by atoms with van der Waals surface area (Å²) in [5, 5.41) is 0. The van der Waals surface area contributed by atoms with Crippen molar-refractivity contribution in [1.29, 1.82) is 0 Å². The van der Waals surface area contributed by atoms with Crippen LogP contribution < -0.4 is 26.6 Å². The lowest BCUT2D eigenvalue weighted by molar-refractivity contribution is -0.138. The van der Waals surface area contributed by atoms with Crippen LogP contribution in [0.3, 0.4) is 0 Å². The van der Waals surface area contributed by atoms with E-state index in [-0.39, 0.29) is 33.4 Å². The van der Waals surface area contributed by atoms with E-state index in [1.165, 1.54) is 0 Å². The molecule has 0 saturated heterocycles. The van der Waals surface area contributed by atoms with Gasteiger partial charge in [0.1, 0.15) is 24.4 Å². The van der Waals surface area contributed by atoms with Crippen LogP contribution in [0.4, 0.5) is 52.7 Å². The second-order valence-corrected chi connectivity index (χ2v) is 16.5. The first-order chi connectivity index (χ1) is 26.3. The summed E-state index contributed by atoms with van der Waals surface area (Å²) in [7, 11) is -2.02. The third-order valence-electron chi connectivity index (χ3n) is 8.92. The highest BCUT2D eigenvalue weighted by atomic mass is 32.2. The second kappa shape index (κ2) is 16.8. The van der Waals surface area contributed by atoms with E-state index in [0.29, 0.717) is 60.7 Å². The van der Waals surface area contributed by atoms with E-state index in [1.807, 2.05) is 6.92 Å². The largest absolute Gasteiger partial charge is 0.494 e. The van der Waals surface area contributed by atoms with Gasteiger partial charge in [-0.2, -0.15) is 74.5 Å². The van der Waals surface area contributed by atoms with Crippen molar-refractivity contribution in [3.05, 3.63) is 149 Å². The van der Waals surface area contributed by atoms with Crippen LogP contribution in [-0.2, 0) is 38.8 Å². The Balaban J connectivity index is 0.000000377. The SMILES string of the molecule is CCOc1ccc(C(=O)C[S+](C)(C)=O)cc1.FC(F)(F)c1ccc([B-](c2ccc(C(F)(F)F)cc2)(c2ccc(C(F)(F)F)cc2)c2ccc(C(F)(F)F)cc2)cc1. The smallest absolute Gasteiger partial charge is 0.416 e. The average Bonchev–Trinajstić information content (AvgIpc) is 3.11. The molecule has 57 heavy (non-hydrogen) atoms. The topological polar surface area (TPSA) is 43.4 Å². The van der Waals surface area contributed by atoms with Gasteiger partial charge in [-0.3, -0.25) is 4.79 Å². The average molecular weight is 833 g/mol. The maximum absolute atomic E-state index is 13.3. The molecule has 0 aromatic heterocycles. The summed E-state index contributed by atoms with van der Waals surface area (Å²) in [4.78, 5) is 11.7. The van der Waals surface area contributed by atoms with Crippen LogP contribution in [0.2, 0.25) is 0 Å². The monoisotopic (exact) mass is 832 g/mol. The number of hydrogen-bond acceptors (Lipinski definition) is 3. The number of ether oxygens (including phenoxy) is 1. The lowest BCUT2D eigenvalue weighted by Crippen LogP contribution is -2.74. The summed E-state index contributed by atoms with van der Waals surface area (Å²) >= 11 is 0. The summed E-state index contributed by atoms with van der Waals surface area (Å²) < 4.78 is 177. The predicted molar refractivity (Wildman–Crippen MR) is 197 cm³/mol. The molecule has 5 rings (SSSR count). The van der Waals surface area contributed by atoms with Gasteiger partial charge in [-0.25, -0.2) is 0 Å². The van der Waals surface area contributed by atoms with Crippen molar-refractivity contribution < 1.29 is 66.4 Å². The van der Waals surface area contributed by atoms with Crippen molar-refractivity contribution >= 4 is 43.7 Å². The van der Waals surface area contributed by atoms with Crippen molar-refractivity contribution in [2.75, 3.05) is 24.9 Å². The summed E-state index contributed by atoms with van der Waals surface area (Å²) in [6.07, 6.45) is -18.8. The van der Waals surface area contributed by atoms with E-state index in [2.05, 4.69) is 0 Å². The quantitative estimate of drug-likeness (QED) is 0.0645. The van der Waals surface area contributed by atoms with E-state index >= 15 is 0 Å². The number of Topliss-reactive ketones (excluding diaryl/α,β-unsaturated/α-hetero) is 1. The van der Waals surface area contributed by atoms with Crippen LogP contribution in [0, 0.1) is 0 Å². The van der Waals surface area contributed by atoms with Crippen LogP contribution in [0.1, 0.15) is 39.5 Å². The van der Waals surface area contributed by atoms with Gasteiger partial charge in [0.2, 0.25) is 5.78 Å². The molecule has 0 bridgehead atoms. The highest BCUT2D eigenvalue weighted by Crippen LogP contribution is 2.32. The molecule has 0 unspecified atom stereocenters. The minimum Gasteiger partial charge on any atom is -0.494 e. The maximum atomic E-state index is 13.3. The second-order valence-electron chi connectivity index (χ2n) is 13.3. The molecule has 0 fully saturated rings. The fourth-order valence-corrected chi connectivity index (χ4v) is 7.10. The predicted octanol–water partition coefficient (Wildman–Crippen LogP) is 9.17. The van der Waals surface area contributed by atoms with Crippen LogP contribution in [0.5, 0.6) is 5.75 Å². The summed E-state index contributed by atoms with van der Waals surface area (Å²) in [5.74, 6) is 0.756. The molecule has 0 radical (unpaired) electrons. The van der Waals surface area contributed by atoms with Gasteiger partial charge >= 0.3 is 24.7 Å². The highest BCUT2D eigenvalue weighted by molar-refractivity contribution is 8.02. The number of ketones is 1. The number of carbonyl (C=O) groups is 1. The van der Waals surface area contributed by atoms with Gasteiger partial charge in [-0.05, 0) is 31.2 Å². The molecule has 0 aliphatic heterocycles. The molecule has 304 valence electrons.